The molecular weight excluding hydrogens is 1120 g/mol. The van der Waals surface area contributed by atoms with Crippen LogP contribution in [0.25, 0.3) is 0 Å². The number of unbranched alkanes of at least 4 members (excludes halogenated alkanes) is 12. The highest BCUT2D eigenvalue weighted by Gasteiger charge is 2.53. The molecule has 1 amide bonds. The Morgan fingerprint density at radius 3 is 1.29 bits per heavy atom. The first-order valence-electron chi connectivity index (χ1n) is 32.3. The molecule has 3 aliphatic rings. The summed E-state index contributed by atoms with van der Waals surface area (Å²) in [5, 5.41) is 120. The van der Waals surface area contributed by atoms with E-state index in [-0.39, 0.29) is 12.3 Å². The molecule has 496 valence electrons. The SMILES string of the molecule is CC/C=C\C/C=C\C/C=C\C/C=C\C/C=C\C/C=C\C/C=C\C/C=C\CCCCC(=O)NC(COC1OC(CO)C(OC2OC(CO)C(OC3OC(CO)C(O)C(O)C3O)C(O)C2O)C(O)C1O)C(O)/C=C/CC/C=C/CCCCCCCCCCC. The van der Waals surface area contributed by atoms with Gasteiger partial charge in [-0.25, -0.2) is 0 Å². The predicted octanol–water partition coefficient (Wildman–Crippen LogP) is 7.26. The van der Waals surface area contributed by atoms with Crippen molar-refractivity contribution in [3.8, 4) is 0 Å². The lowest BCUT2D eigenvalue weighted by Crippen LogP contribution is -2.66. The van der Waals surface area contributed by atoms with Gasteiger partial charge in [0, 0.05) is 6.42 Å². The predicted molar refractivity (Wildman–Crippen MR) is 336 cm³/mol. The van der Waals surface area contributed by atoms with Crippen LogP contribution in [0, 0.1) is 0 Å². The molecule has 0 spiro atoms. The van der Waals surface area contributed by atoms with Gasteiger partial charge in [-0.15, -0.1) is 0 Å². The summed E-state index contributed by atoms with van der Waals surface area (Å²) < 4.78 is 34.2. The maximum absolute atomic E-state index is 13.3. The molecule has 17 unspecified atom stereocenters. The van der Waals surface area contributed by atoms with Gasteiger partial charge in [0.05, 0.1) is 38.6 Å². The molecule has 3 heterocycles. The molecule has 0 aromatic rings. The van der Waals surface area contributed by atoms with E-state index < -0.39 is 131 Å². The Kier molecular flexibility index (Phi) is 43.6. The average Bonchev–Trinajstić information content (AvgIpc) is 1.10. The maximum atomic E-state index is 13.3. The monoisotopic (exact) mass is 1230 g/mol. The van der Waals surface area contributed by atoms with Crippen LogP contribution in [0.4, 0.5) is 0 Å². The van der Waals surface area contributed by atoms with Crippen molar-refractivity contribution < 1.29 is 89.4 Å². The molecule has 0 bridgehead atoms. The molecule has 0 aromatic heterocycles. The minimum atomic E-state index is -1.99. The Bertz CT molecular complexity index is 2050. The highest BCUT2D eigenvalue weighted by molar-refractivity contribution is 5.76. The van der Waals surface area contributed by atoms with Gasteiger partial charge in [0.1, 0.15) is 73.2 Å². The highest BCUT2D eigenvalue weighted by Crippen LogP contribution is 2.33. The van der Waals surface area contributed by atoms with E-state index in [9.17, 15) is 61.0 Å². The van der Waals surface area contributed by atoms with Crippen molar-refractivity contribution >= 4 is 5.91 Å². The molecule has 3 rings (SSSR count). The average molecular weight is 1230 g/mol. The van der Waals surface area contributed by atoms with Gasteiger partial charge in [0.25, 0.3) is 0 Å². The Morgan fingerprint density at radius 2 is 0.805 bits per heavy atom. The lowest BCUT2D eigenvalue weighted by atomic mass is 9.96. The molecular formula is C68H111NO18. The second-order valence-electron chi connectivity index (χ2n) is 22.5. The van der Waals surface area contributed by atoms with Crippen LogP contribution in [0.3, 0.4) is 0 Å². The van der Waals surface area contributed by atoms with Gasteiger partial charge < -0.3 is 89.9 Å². The third-order valence-corrected chi connectivity index (χ3v) is 15.2. The van der Waals surface area contributed by atoms with Crippen LogP contribution in [0.5, 0.6) is 0 Å². The summed E-state index contributed by atoms with van der Waals surface area (Å²) >= 11 is 0. The number of nitrogens with one attached hydrogen (secondary N) is 1. The number of aliphatic hydroxyl groups is 11. The summed E-state index contributed by atoms with van der Waals surface area (Å²) in [6.45, 7) is 1.52. The molecule has 3 fully saturated rings. The van der Waals surface area contributed by atoms with Crippen molar-refractivity contribution in [3.05, 3.63) is 122 Å². The molecule has 0 saturated carbocycles. The van der Waals surface area contributed by atoms with Crippen LogP contribution in [-0.2, 0) is 33.2 Å². The van der Waals surface area contributed by atoms with Crippen molar-refractivity contribution in [3.63, 3.8) is 0 Å². The van der Waals surface area contributed by atoms with Crippen LogP contribution >= 0.6 is 0 Å². The van der Waals surface area contributed by atoms with Crippen LogP contribution in [-0.4, -0.2) is 193 Å². The van der Waals surface area contributed by atoms with E-state index in [1.54, 1.807) is 6.08 Å². The zero-order valence-corrected chi connectivity index (χ0v) is 51.9. The first kappa shape index (κ1) is 77.4. The Hall–Kier alpha value is -3.81. The smallest absolute Gasteiger partial charge is 0.220 e. The molecule has 0 aromatic carbocycles. The lowest BCUT2D eigenvalue weighted by Gasteiger charge is -2.48. The number of amides is 1. The van der Waals surface area contributed by atoms with Gasteiger partial charge in [-0.05, 0) is 96.3 Å². The first-order chi connectivity index (χ1) is 42.3. The van der Waals surface area contributed by atoms with Crippen molar-refractivity contribution in [2.24, 2.45) is 0 Å². The van der Waals surface area contributed by atoms with E-state index in [2.05, 4.69) is 129 Å². The summed E-state index contributed by atoms with van der Waals surface area (Å²) in [6.07, 6.45) is 38.9. The van der Waals surface area contributed by atoms with Crippen LogP contribution in [0.2, 0.25) is 0 Å². The minimum absolute atomic E-state index is 0.171. The highest BCUT2D eigenvalue weighted by atomic mass is 16.8. The summed E-state index contributed by atoms with van der Waals surface area (Å²) in [4.78, 5) is 13.3. The summed E-state index contributed by atoms with van der Waals surface area (Å²) in [6, 6.07) is -1.02. The van der Waals surface area contributed by atoms with Crippen LogP contribution in [0.1, 0.15) is 168 Å². The lowest BCUT2D eigenvalue weighted by molar-refractivity contribution is -0.379. The molecule has 17 atom stereocenters. The van der Waals surface area contributed by atoms with Crippen molar-refractivity contribution in [1.29, 1.82) is 0 Å². The van der Waals surface area contributed by atoms with Gasteiger partial charge in [-0.2, -0.15) is 0 Å². The van der Waals surface area contributed by atoms with E-state index in [1.807, 2.05) is 6.08 Å². The first-order valence-corrected chi connectivity index (χ1v) is 32.3. The fourth-order valence-electron chi connectivity index (χ4n) is 9.98. The second kappa shape index (κ2) is 49.0. The Balaban J connectivity index is 1.49. The number of carbonyl (C=O) groups excluding carboxylic acids is 1. The van der Waals surface area contributed by atoms with Gasteiger partial charge in [-0.3, -0.25) is 4.79 Å². The largest absolute Gasteiger partial charge is 0.394 e. The van der Waals surface area contributed by atoms with E-state index >= 15 is 0 Å². The molecule has 87 heavy (non-hydrogen) atoms. The Morgan fingerprint density at radius 1 is 0.425 bits per heavy atom. The van der Waals surface area contributed by atoms with Crippen LogP contribution in [0.15, 0.2) is 122 Å². The second-order valence-corrected chi connectivity index (χ2v) is 22.5. The van der Waals surface area contributed by atoms with E-state index in [4.69, 9.17) is 28.4 Å². The molecule has 0 aliphatic carbocycles. The number of ether oxygens (including phenoxy) is 6. The Labute approximate surface area is 518 Å². The van der Waals surface area contributed by atoms with E-state index in [1.165, 1.54) is 51.4 Å². The van der Waals surface area contributed by atoms with Crippen molar-refractivity contribution in [2.75, 3.05) is 26.4 Å². The third-order valence-electron chi connectivity index (χ3n) is 15.2. The topological polar surface area (TPSA) is 307 Å². The number of hydrogen-bond donors (Lipinski definition) is 12. The van der Waals surface area contributed by atoms with Gasteiger partial charge >= 0.3 is 0 Å². The number of hydrogen-bond acceptors (Lipinski definition) is 18. The molecule has 3 aliphatic heterocycles. The number of carbonyl (C=O) groups is 1. The fraction of sp³-hybridized carbons (Fsp3) is 0.691. The molecule has 0 radical (unpaired) electrons. The standard InChI is InChI=1S/C68H111NO18/c1-3-5-7-9-11-13-15-17-19-20-21-22-23-24-25-26-27-28-29-30-32-34-36-38-40-42-44-46-56(74)69-51(52(73)45-43-41-39-37-35-33-31-18-16-14-12-10-8-6-4-2)50-82-66-62(80)59(77)64(54(48-71)84-66)87-68-63(81)60(78)65(55(49-72)85-68)86-67-61(79)58(76)57(75)53(47-70)83-67/h5,7,11,13,17,19,21-22,24-25,27-28,30,32,35-38,43,45,51-55,57-68,70-73,75-81H,3-4,6,8-10,12,14-16,18,20,23,26,29,31,33-34,39-42,44,46-50H2,1-2H3,(H,69,74)/b7-5-,13-11-,19-17-,22-21-,25-24-,28-27-,32-30-,37-35+,38-36-,45-43+. The van der Waals surface area contributed by atoms with Crippen molar-refractivity contribution in [1.82, 2.24) is 5.32 Å². The van der Waals surface area contributed by atoms with Crippen LogP contribution < -0.4 is 5.32 Å². The normalized spacial score (nSPS) is 29.4. The van der Waals surface area contributed by atoms with E-state index in [0.717, 1.165) is 83.5 Å². The molecule has 19 nitrogen and oxygen atoms in total. The summed E-state index contributed by atoms with van der Waals surface area (Å²) in [5.74, 6) is -0.334. The molecule has 12 N–H and O–H groups in total. The minimum Gasteiger partial charge on any atom is -0.394 e. The number of allylic oxidation sites excluding steroid dienone is 19. The van der Waals surface area contributed by atoms with E-state index in [0.29, 0.717) is 12.8 Å². The summed E-state index contributed by atoms with van der Waals surface area (Å²) in [5.41, 5.74) is 0. The fourth-order valence-corrected chi connectivity index (χ4v) is 9.98. The zero-order chi connectivity index (χ0) is 63.3. The number of aliphatic hydroxyl groups excluding tert-OH is 11. The van der Waals surface area contributed by atoms with Gasteiger partial charge in [-0.1, -0.05) is 187 Å². The maximum Gasteiger partial charge on any atom is 0.220 e. The van der Waals surface area contributed by atoms with Gasteiger partial charge in [0.2, 0.25) is 5.91 Å². The van der Waals surface area contributed by atoms with Crippen molar-refractivity contribution in [2.45, 2.75) is 272 Å². The number of rotatable bonds is 46. The zero-order valence-electron chi connectivity index (χ0n) is 51.9. The molecule has 3 saturated heterocycles. The van der Waals surface area contributed by atoms with Gasteiger partial charge in [0.15, 0.2) is 18.9 Å². The quantitative estimate of drug-likeness (QED) is 0.0211. The summed E-state index contributed by atoms with van der Waals surface area (Å²) in [7, 11) is 0. The third kappa shape index (κ3) is 31.7. The molecule has 19 heteroatoms.